The molecule has 2 fully saturated rings. The molecule has 15 heavy (non-hydrogen) atoms. The lowest BCUT2D eigenvalue weighted by Crippen LogP contribution is -2.37. The Bertz CT molecular complexity index is 274. The summed E-state index contributed by atoms with van der Waals surface area (Å²) >= 11 is 0. The predicted molar refractivity (Wildman–Crippen MR) is 57.3 cm³/mol. The third-order valence-corrected chi connectivity index (χ3v) is 3.59. The molecule has 3 nitrogen and oxygen atoms in total. The van der Waals surface area contributed by atoms with E-state index in [1.54, 1.807) is 0 Å². The van der Waals surface area contributed by atoms with Crippen LogP contribution in [0.5, 0.6) is 0 Å². The lowest BCUT2D eigenvalue weighted by molar-refractivity contribution is -0.223. The van der Waals surface area contributed by atoms with E-state index >= 15 is 0 Å². The number of hydrogen-bond donors (Lipinski definition) is 0. The van der Waals surface area contributed by atoms with Gasteiger partial charge in [0, 0.05) is 5.92 Å². The molecular formula is C12H20O3. The van der Waals surface area contributed by atoms with E-state index in [9.17, 15) is 0 Å². The van der Waals surface area contributed by atoms with E-state index in [4.69, 9.17) is 14.2 Å². The molecule has 2 heterocycles. The van der Waals surface area contributed by atoms with E-state index < -0.39 is 5.79 Å². The highest BCUT2D eigenvalue weighted by molar-refractivity contribution is 5.09. The van der Waals surface area contributed by atoms with Gasteiger partial charge in [-0.2, -0.15) is 0 Å². The first kappa shape index (κ1) is 11.1. The van der Waals surface area contributed by atoms with Crippen LogP contribution in [0.2, 0.25) is 0 Å². The van der Waals surface area contributed by atoms with Gasteiger partial charge >= 0.3 is 0 Å². The van der Waals surface area contributed by atoms with Crippen LogP contribution in [0, 0.1) is 5.92 Å². The first-order chi connectivity index (χ1) is 6.94. The molecule has 2 saturated heterocycles. The maximum atomic E-state index is 5.95. The van der Waals surface area contributed by atoms with Gasteiger partial charge in [0.1, 0.15) is 6.10 Å². The number of fused-ring (bicyclic) bond motifs is 1. The molecule has 0 N–H and O–H groups in total. The van der Waals surface area contributed by atoms with E-state index in [1.807, 2.05) is 19.9 Å². The molecule has 2 aliphatic heterocycles. The smallest absolute Gasteiger partial charge is 0.188 e. The minimum absolute atomic E-state index is 0.0259. The van der Waals surface area contributed by atoms with Gasteiger partial charge in [-0.25, -0.2) is 0 Å². The van der Waals surface area contributed by atoms with Gasteiger partial charge < -0.3 is 14.2 Å². The van der Waals surface area contributed by atoms with Gasteiger partial charge in [0.25, 0.3) is 0 Å². The topological polar surface area (TPSA) is 27.7 Å². The van der Waals surface area contributed by atoms with Crippen LogP contribution in [0.25, 0.3) is 0 Å². The first-order valence-corrected chi connectivity index (χ1v) is 5.61. The summed E-state index contributed by atoms with van der Waals surface area (Å²) in [4.78, 5) is 0. The summed E-state index contributed by atoms with van der Waals surface area (Å²) in [6.07, 6.45) is 2.57. The Balaban J connectivity index is 2.21. The average molecular weight is 212 g/mol. The van der Waals surface area contributed by atoms with E-state index in [0.717, 1.165) is 6.42 Å². The van der Waals surface area contributed by atoms with Crippen molar-refractivity contribution < 1.29 is 14.2 Å². The van der Waals surface area contributed by atoms with E-state index in [0.29, 0.717) is 0 Å². The van der Waals surface area contributed by atoms with Crippen LogP contribution in [-0.4, -0.2) is 23.8 Å². The first-order valence-electron chi connectivity index (χ1n) is 5.61. The normalized spacial score (nSPS) is 47.9. The molecule has 0 spiro atoms. The fourth-order valence-corrected chi connectivity index (χ4v) is 2.57. The van der Waals surface area contributed by atoms with Crippen molar-refractivity contribution in [2.45, 2.75) is 57.9 Å². The molecule has 3 heteroatoms. The second-order valence-electron chi connectivity index (χ2n) is 4.89. The van der Waals surface area contributed by atoms with Crippen molar-refractivity contribution in [2.75, 3.05) is 0 Å². The quantitative estimate of drug-likeness (QED) is 0.658. The van der Waals surface area contributed by atoms with Gasteiger partial charge in [-0.3, -0.25) is 0 Å². The third-order valence-electron chi connectivity index (χ3n) is 3.59. The highest BCUT2D eigenvalue weighted by atomic mass is 16.8. The molecule has 0 amide bonds. The minimum atomic E-state index is -0.523. The van der Waals surface area contributed by atoms with Crippen molar-refractivity contribution in [1.82, 2.24) is 0 Å². The van der Waals surface area contributed by atoms with Gasteiger partial charge in [0.15, 0.2) is 12.1 Å². The summed E-state index contributed by atoms with van der Waals surface area (Å²) in [5.41, 5.74) is -0.286. The molecule has 2 aliphatic rings. The lowest BCUT2D eigenvalue weighted by Gasteiger charge is -2.31. The molecule has 0 aromatic heterocycles. The number of ether oxygens (including phenoxy) is 3. The Morgan fingerprint density at radius 3 is 2.40 bits per heavy atom. The molecule has 0 aromatic carbocycles. The van der Waals surface area contributed by atoms with E-state index in [-0.39, 0.29) is 23.9 Å². The van der Waals surface area contributed by atoms with Crippen molar-refractivity contribution in [2.24, 2.45) is 5.92 Å². The molecule has 2 rings (SSSR count). The van der Waals surface area contributed by atoms with Crippen molar-refractivity contribution in [3.8, 4) is 0 Å². The van der Waals surface area contributed by atoms with Crippen molar-refractivity contribution >= 4 is 0 Å². The largest absolute Gasteiger partial charge is 0.341 e. The predicted octanol–water partition coefficient (Wildman–Crippen LogP) is 2.47. The summed E-state index contributed by atoms with van der Waals surface area (Å²) in [5, 5.41) is 0. The molecule has 0 bridgehead atoms. The molecule has 4 atom stereocenters. The highest BCUT2D eigenvalue weighted by Gasteiger charge is 2.57. The monoisotopic (exact) mass is 212 g/mol. The van der Waals surface area contributed by atoms with E-state index in [1.165, 1.54) is 0 Å². The summed E-state index contributed by atoms with van der Waals surface area (Å²) in [7, 11) is 0. The maximum Gasteiger partial charge on any atom is 0.188 e. The summed E-state index contributed by atoms with van der Waals surface area (Å²) in [6, 6.07) is 0. The standard InChI is InChI=1S/C12H20O3/c1-6-12(7-2)8(3)9-10(15-12)14-11(4,5)13-9/h6,8-10H,1,7H2,2-5H3/t8-,9+,10-,12+/m0/s1. The summed E-state index contributed by atoms with van der Waals surface area (Å²) in [6.45, 7) is 11.9. The van der Waals surface area contributed by atoms with Crippen molar-refractivity contribution in [1.29, 1.82) is 0 Å². The summed E-state index contributed by atoms with van der Waals surface area (Å²) in [5.74, 6) is -0.239. The second kappa shape index (κ2) is 3.30. The van der Waals surface area contributed by atoms with Crippen LogP contribution in [0.1, 0.15) is 34.1 Å². The molecule has 0 unspecified atom stereocenters. The van der Waals surface area contributed by atoms with Gasteiger partial charge in [-0.1, -0.05) is 19.9 Å². The maximum absolute atomic E-state index is 5.95. The second-order valence-corrected chi connectivity index (χ2v) is 4.89. The van der Waals surface area contributed by atoms with Gasteiger partial charge in [0.05, 0.1) is 5.60 Å². The minimum Gasteiger partial charge on any atom is -0.341 e. The van der Waals surface area contributed by atoms with Gasteiger partial charge in [0.2, 0.25) is 0 Å². The lowest BCUT2D eigenvalue weighted by atomic mass is 9.85. The molecule has 0 radical (unpaired) electrons. The zero-order chi connectivity index (χ0) is 11.3. The fraction of sp³-hybridized carbons (Fsp3) is 0.833. The molecular weight excluding hydrogens is 192 g/mol. The van der Waals surface area contributed by atoms with Crippen LogP contribution in [0.4, 0.5) is 0 Å². The van der Waals surface area contributed by atoms with Crippen LogP contribution in [-0.2, 0) is 14.2 Å². The van der Waals surface area contributed by atoms with Crippen molar-refractivity contribution in [3.63, 3.8) is 0 Å². The molecule has 0 saturated carbocycles. The summed E-state index contributed by atoms with van der Waals surface area (Å²) < 4.78 is 17.5. The fourth-order valence-electron chi connectivity index (χ4n) is 2.57. The number of hydrogen-bond acceptors (Lipinski definition) is 3. The molecule has 0 aliphatic carbocycles. The highest BCUT2D eigenvalue weighted by Crippen LogP contribution is 2.47. The third kappa shape index (κ3) is 1.53. The average Bonchev–Trinajstić information content (AvgIpc) is 2.59. The Morgan fingerprint density at radius 1 is 1.27 bits per heavy atom. The SMILES string of the molecule is C=C[C@]1(CC)O[C@@H]2OC(C)(C)O[C@@H]2[C@@H]1C. The zero-order valence-electron chi connectivity index (χ0n) is 9.95. The van der Waals surface area contributed by atoms with Gasteiger partial charge in [-0.05, 0) is 20.3 Å². The van der Waals surface area contributed by atoms with Gasteiger partial charge in [-0.15, -0.1) is 6.58 Å². The Morgan fingerprint density at radius 2 is 1.93 bits per heavy atom. The zero-order valence-corrected chi connectivity index (χ0v) is 9.95. The Labute approximate surface area is 91.4 Å². The Hall–Kier alpha value is -0.380. The Kier molecular flexibility index (Phi) is 2.45. The van der Waals surface area contributed by atoms with Crippen LogP contribution >= 0.6 is 0 Å². The molecule has 86 valence electrons. The van der Waals surface area contributed by atoms with Crippen LogP contribution in [0.15, 0.2) is 12.7 Å². The van der Waals surface area contributed by atoms with Crippen LogP contribution < -0.4 is 0 Å². The van der Waals surface area contributed by atoms with Crippen LogP contribution in [0.3, 0.4) is 0 Å². The van der Waals surface area contributed by atoms with Crippen molar-refractivity contribution in [3.05, 3.63) is 12.7 Å². The van der Waals surface area contributed by atoms with E-state index in [2.05, 4.69) is 20.4 Å². The molecule has 0 aromatic rings. The number of rotatable bonds is 2.